The molecule has 0 saturated carbocycles. The van der Waals surface area contributed by atoms with Gasteiger partial charge in [-0.1, -0.05) is 19.1 Å². The van der Waals surface area contributed by atoms with Crippen LogP contribution in [0.5, 0.6) is 5.75 Å². The molecule has 0 aliphatic carbocycles. The third-order valence-corrected chi connectivity index (χ3v) is 2.66. The second-order valence-corrected chi connectivity index (χ2v) is 4.91. The van der Waals surface area contributed by atoms with E-state index in [1.54, 1.807) is 13.8 Å². The van der Waals surface area contributed by atoms with Crippen molar-refractivity contribution in [1.29, 1.82) is 0 Å². The number of hydrogen-bond donors (Lipinski definition) is 2. The zero-order valence-corrected chi connectivity index (χ0v) is 11.2. The Hall–Kier alpha value is -1.55. The summed E-state index contributed by atoms with van der Waals surface area (Å²) in [5.41, 5.74) is 0.250. The van der Waals surface area contributed by atoms with Gasteiger partial charge in [0.2, 0.25) is 0 Å². The van der Waals surface area contributed by atoms with Gasteiger partial charge in [0.25, 0.3) is 0 Å². The third kappa shape index (κ3) is 4.37. The molecule has 0 aliphatic heterocycles. The highest BCUT2D eigenvalue weighted by Crippen LogP contribution is 2.19. The van der Waals surface area contributed by atoms with Gasteiger partial charge in [0, 0.05) is 6.54 Å². The van der Waals surface area contributed by atoms with Crippen LogP contribution in [0.15, 0.2) is 24.3 Å². The largest absolute Gasteiger partial charge is 0.492 e. The molecule has 0 bridgehead atoms. The van der Waals surface area contributed by atoms with Crippen molar-refractivity contribution in [3.63, 3.8) is 0 Å². The molecule has 18 heavy (non-hydrogen) atoms. The number of rotatable bonds is 7. The second kappa shape index (κ2) is 6.40. The van der Waals surface area contributed by atoms with E-state index in [0.29, 0.717) is 5.75 Å². The van der Waals surface area contributed by atoms with Gasteiger partial charge in [-0.25, -0.2) is 0 Å². The molecule has 0 saturated heterocycles. The Morgan fingerprint density at radius 3 is 2.78 bits per heavy atom. The summed E-state index contributed by atoms with van der Waals surface area (Å²) in [6.07, 6.45) is 0. The number of carboxylic acids is 1. The summed E-state index contributed by atoms with van der Waals surface area (Å²) < 4.78 is 5.54. The monoisotopic (exact) mass is 251 g/mol. The van der Waals surface area contributed by atoms with Gasteiger partial charge in [0.1, 0.15) is 12.4 Å². The van der Waals surface area contributed by atoms with E-state index in [-0.39, 0.29) is 6.61 Å². The first-order valence-electron chi connectivity index (χ1n) is 6.11. The maximum atomic E-state index is 11.0. The average Bonchev–Trinajstić information content (AvgIpc) is 2.34. The minimum absolute atomic E-state index is 0.160. The number of ether oxygens (including phenoxy) is 1. The van der Waals surface area contributed by atoms with Crippen LogP contribution in [-0.4, -0.2) is 24.2 Å². The topological polar surface area (TPSA) is 58.6 Å². The predicted octanol–water partition coefficient (Wildman–Crippen LogP) is 2.29. The molecular weight excluding hydrogens is 230 g/mol. The van der Waals surface area contributed by atoms with Crippen LogP contribution >= 0.6 is 0 Å². The van der Waals surface area contributed by atoms with Gasteiger partial charge in [-0.2, -0.15) is 0 Å². The van der Waals surface area contributed by atoms with E-state index >= 15 is 0 Å². The van der Waals surface area contributed by atoms with Crippen molar-refractivity contribution in [2.45, 2.75) is 27.3 Å². The molecule has 0 radical (unpaired) electrons. The average molecular weight is 251 g/mol. The van der Waals surface area contributed by atoms with Gasteiger partial charge in [0.05, 0.1) is 5.41 Å². The molecule has 0 unspecified atom stereocenters. The van der Waals surface area contributed by atoms with Gasteiger partial charge in [-0.3, -0.25) is 4.79 Å². The lowest BCUT2D eigenvalue weighted by atomic mass is 9.95. The van der Waals surface area contributed by atoms with Gasteiger partial charge >= 0.3 is 5.97 Å². The maximum Gasteiger partial charge on any atom is 0.312 e. The van der Waals surface area contributed by atoms with Gasteiger partial charge in [-0.05, 0) is 38.1 Å². The Kier molecular flexibility index (Phi) is 5.16. The van der Waals surface area contributed by atoms with Crippen LogP contribution < -0.4 is 10.1 Å². The lowest BCUT2D eigenvalue weighted by Gasteiger charge is -2.19. The first-order valence-corrected chi connectivity index (χ1v) is 6.11. The standard InChI is InChI=1S/C14H21NO3/c1-4-15-9-11-6-5-7-12(8-11)18-10-14(2,3)13(16)17/h5-8,15H,4,9-10H2,1-3H3,(H,16,17). The zero-order chi connectivity index (χ0) is 13.6. The first-order chi connectivity index (χ1) is 8.45. The number of aliphatic carboxylic acids is 1. The van der Waals surface area contributed by atoms with Gasteiger partial charge in [0.15, 0.2) is 0 Å². The highest BCUT2D eigenvalue weighted by Gasteiger charge is 2.28. The van der Waals surface area contributed by atoms with E-state index in [0.717, 1.165) is 18.7 Å². The molecule has 0 amide bonds. The summed E-state index contributed by atoms with van der Waals surface area (Å²) in [6.45, 7) is 7.21. The van der Waals surface area contributed by atoms with E-state index in [9.17, 15) is 4.79 Å². The van der Waals surface area contributed by atoms with Crippen molar-refractivity contribution in [3.05, 3.63) is 29.8 Å². The Morgan fingerprint density at radius 1 is 1.44 bits per heavy atom. The fourth-order valence-electron chi connectivity index (χ4n) is 1.34. The number of carboxylic acid groups (broad SMARTS) is 1. The Morgan fingerprint density at radius 2 is 2.17 bits per heavy atom. The molecule has 0 heterocycles. The summed E-state index contributed by atoms with van der Waals surface area (Å²) in [6, 6.07) is 7.70. The lowest BCUT2D eigenvalue weighted by molar-refractivity contribution is -0.148. The third-order valence-electron chi connectivity index (χ3n) is 2.66. The Labute approximate surface area is 108 Å². The fourth-order valence-corrected chi connectivity index (χ4v) is 1.34. The summed E-state index contributed by atoms with van der Waals surface area (Å²) in [4.78, 5) is 11.0. The second-order valence-electron chi connectivity index (χ2n) is 4.91. The normalized spacial score (nSPS) is 11.3. The molecule has 2 N–H and O–H groups in total. The summed E-state index contributed by atoms with van der Waals surface area (Å²) in [5.74, 6) is -0.147. The molecule has 4 nitrogen and oxygen atoms in total. The highest BCUT2D eigenvalue weighted by molar-refractivity contribution is 5.73. The molecular formula is C14H21NO3. The van der Waals surface area contributed by atoms with Crippen molar-refractivity contribution in [2.75, 3.05) is 13.2 Å². The number of carbonyl (C=O) groups is 1. The molecule has 100 valence electrons. The van der Waals surface area contributed by atoms with E-state index in [1.165, 1.54) is 0 Å². The summed E-state index contributed by atoms with van der Waals surface area (Å²) in [7, 11) is 0. The van der Waals surface area contributed by atoms with Crippen LogP contribution in [0.4, 0.5) is 0 Å². The highest BCUT2D eigenvalue weighted by atomic mass is 16.5. The number of benzene rings is 1. The van der Waals surface area contributed by atoms with Gasteiger partial charge < -0.3 is 15.2 Å². The predicted molar refractivity (Wildman–Crippen MR) is 70.7 cm³/mol. The molecule has 0 fully saturated rings. The molecule has 1 aromatic rings. The van der Waals surface area contributed by atoms with Crippen molar-refractivity contribution >= 4 is 5.97 Å². The molecule has 1 rings (SSSR count). The van der Waals surface area contributed by atoms with Crippen molar-refractivity contribution in [1.82, 2.24) is 5.32 Å². The van der Waals surface area contributed by atoms with E-state index in [4.69, 9.17) is 9.84 Å². The SMILES string of the molecule is CCNCc1cccc(OCC(C)(C)C(=O)O)c1. The van der Waals surface area contributed by atoms with E-state index in [2.05, 4.69) is 12.2 Å². The minimum Gasteiger partial charge on any atom is -0.492 e. The van der Waals surface area contributed by atoms with Crippen molar-refractivity contribution < 1.29 is 14.6 Å². The van der Waals surface area contributed by atoms with Crippen LogP contribution in [0.3, 0.4) is 0 Å². The number of hydrogen-bond acceptors (Lipinski definition) is 3. The zero-order valence-electron chi connectivity index (χ0n) is 11.2. The quantitative estimate of drug-likeness (QED) is 0.780. The molecule has 0 aromatic heterocycles. The van der Waals surface area contributed by atoms with Crippen molar-refractivity contribution in [3.8, 4) is 5.75 Å². The lowest BCUT2D eigenvalue weighted by Crippen LogP contribution is -2.30. The smallest absolute Gasteiger partial charge is 0.312 e. The van der Waals surface area contributed by atoms with Crippen molar-refractivity contribution in [2.24, 2.45) is 5.41 Å². The van der Waals surface area contributed by atoms with Crippen LogP contribution in [0.25, 0.3) is 0 Å². The van der Waals surface area contributed by atoms with Crippen LogP contribution in [0.2, 0.25) is 0 Å². The molecule has 4 heteroatoms. The first kappa shape index (κ1) is 14.5. The Bertz CT molecular complexity index is 402. The van der Waals surface area contributed by atoms with Crippen LogP contribution in [0, 0.1) is 5.41 Å². The summed E-state index contributed by atoms with van der Waals surface area (Å²) in [5, 5.41) is 12.2. The number of nitrogens with one attached hydrogen (secondary N) is 1. The molecule has 0 atom stereocenters. The maximum absolute atomic E-state index is 11.0. The summed E-state index contributed by atoms with van der Waals surface area (Å²) >= 11 is 0. The Balaban J connectivity index is 2.60. The van der Waals surface area contributed by atoms with Crippen LogP contribution in [0.1, 0.15) is 26.3 Å². The van der Waals surface area contributed by atoms with E-state index in [1.807, 2.05) is 24.3 Å². The van der Waals surface area contributed by atoms with E-state index < -0.39 is 11.4 Å². The molecule has 1 aromatic carbocycles. The fraction of sp³-hybridized carbons (Fsp3) is 0.500. The molecule has 0 spiro atoms. The van der Waals surface area contributed by atoms with Gasteiger partial charge in [-0.15, -0.1) is 0 Å². The van der Waals surface area contributed by atoms with Crippen LogP contribution in [-0.2, 0) is 11.3 Å². The minimum atomic E-state index is -0.877. The molecule has 0 aliphatic rings.